The molecule has 2 aromatic carbocycles. The van der Waals surface area contributed by atoms with Crippen molar-refractivity contribution in [3.05, 3.63) is 59.1 Å². The number of nitrogens with zero attached hydrogens (tertiary/aromatic N) is 1. The summed E-state index contributed by atoms with van der Waals surface area (Å²) in [7, 11) is 0. The molecule has 3 aromatic rings. The summed E-state index contributed by atoms with van der Waals surface area (Å²) in [5.74, 6) is -0.750. The van der Waals surface area contributed by atoms with Gasteiger partial charge in [-0.3, -0.25) is 9.59 Å². The third kappa shape index (κ3) is 4.67. The van der Waals surface area contributed by atoms with Crippen LogP contribution >= 0.6 is 11.3 Å². The van der Waals surface area contributed by atoms with E-state index in [1.54, 1.807) is 24.3 Å². The second-order valence-corrected chi connectivity index (χ2v) is 7.18. The van der Waals surface area contributed by atoms with Crippen LogP contribution in [0, 0.1) is 6.92 Å². The van der Waals surface area contributed by atoms with E-state index >= 15 is 0 Å². The van der Waals surface area contributed by atoms with Crippen LogP contribution in [0.4, 0.5) is 5.69 Å². The van der Waals surface area contributed by atoms with Gasteiger partial charge in [-0.15, -0.1) is 11.3 Å². The SMILES string of the molecule is Cc1cccc(NC(=O)[C@H](C)OC(=O)CCc2nc3ccccc3s2)c1. The molecule has 26 heavy (non-hydrogen) atoms. The van der Waals surface area contributed by atoms with E-state index in [9.17, 15) is 9.59 Å². The maximum atomic E-state index is 12.2. The Hall–Kier alpha value is -2.73. The predicted molar refractivity (Wildman–Crippen MR) is 103 cm³/mol. The lowest BCUT2D eigenvalue weighted by molar-refractivity contribution is -0.153. The third-order valence-corrected chi connectivity index (χ3v) is 4.94. The molecule has 0 bridgehead atoms. The summed E-state index contributed by atoms with van der Waals surface area (Å²) in [5.41, 5.74) is 2.67. The lowest BCUT2D eigenvalue weighted by Crippen LogP contribution is -2.30. The van der Waals surface area contributed by atoms with Crippen LogP contribution in [0.2, 0.25) is 0 Å². The lowest BCUT2D eigenvalue weighted by Gasteiger charge is -2.13. The molecule has 0 radical (unpaired) electrons. The summed E-state index contributed by atoms with van der Waals surface area (Å²) in [6.45, 7) is 3.52. The van der Waals surface area contributed by atoms with Crippen molar-refractivity contribution in [3.8, 4) is 0 Å². The van der Waals surface area contributed by atoms with Crippen molar-refractivity contribution in [2.75, 3.05) is 5.32 Å². The number of fused-ring (bicyclic) bond motifs is 1. The molecule has 1 heterocycles. The summed E-state index contributed by atoms with van der Waals surface area (Å²) in [4.78, 5) is 28.7. The van der Waals surface area contributed by atoms with Crippen LogP contribution in [0.15, 0.2) is 48.5 Å². The van der Waals surface area contributed by atoms with Crippen molar-refractivity contribution >= 4 is 39.1 Å². The van der Waals surface area contributed by atoms with Gasteiger partial charge in [0.05, 0.1) is 21.6 Å². The summed E-state index contributed by atoms with van der Waals surface area (Å²) < 4.78 is 6.34. The van der Waals surface area contributed by atoms with E-state index in [0.29, 0.717) is 12.1 Å². The van der Waals surface area contributed by atoms with Crippen molar-refractivity contribution in [1.82, 2.24) is 4.98 Å². The summed E-state index contributed by atoms with van der Waals surface area (Å²) in [6, 6.07) is 15.3. The second kappa shape index (κ2) is 8.10. The van der Waals surface area contributed by atoms with Crippen molar-refractivity contribution < 1.29 is 14.3 Å². The van der Waals surface area contributed by atoms with Crippen LogP contribution in [0.3, 0.4) is 0 Å². The molecule has 1 atom stereocenters. The van der Waals surface area contributed by atoms with E-state index in [-0.39, 0.29) is 12.3 Å². The molecule has 1 aromatic heterocycles. The molecule has 0 aliphatic heterocycles. The number of thiazole rings is 1. The van der Waals surface area contributed by atoms with Gasteiger partial charge in [0, 0.05) is 12.1 Å². The Morgan fingerprint density at radius 3 is 2.77 bits per heavy atom. The zero-order valence-electron chi connectivity index (χ0n) is 14.7. The quantitative estimate of drug-likeness (QED) is 0.665. The summed E-state index contributed by atoms with van der Waals surface area (Å²) >= 11 is 1.57. The number of ether oxygens (including phenoxy) is 1. The maximum Gasteiger partial charge on any atom is 0.306 e. The molecule has 3 rings (SSSR count). The molecular formula is C20H20N2O3S. The largest absolute Gasteiger partial charge is 0.453 e. The number of aryl methyl sites for hydroxylation is 2. The average molecular weight is 368 g/mol. The minimum atomic E-state index is -0.849. The zero-order valence-corrected chi connectivity index (χ0v) is 15.5. The monoisotopic (exact) mass is 368 g/mol. The molecule has 134 valence electrons. The molecule has 5 nitrogen and oxygen atoms in total. The van der Waals surface area contributed by atoms with Crippen molar-refractivity contribution in [3.63, 3.8) is 0 Å². The van der Waals surface area contributed by atoms with Gasteiger partial charge in [0.25, 0.3) is 5.91 Å². The molecule has 0 unspecified atom stereocenters. The fourth-order valence-corrected chi connectivity index (χ4v) is 3.48. The van der Waals surface area contributed by atoms with Crippen molar-refractivity contribution in [1.29, 1.82) is 0 Å². The Kier molecular flexibility index (Phi) is 5.63. The number of hydrogen-bond donors (Lipinski definition) is 1. The van der Waals surface area contributed by atoms with Crippen molar-refractivity contribution in [2.45, 2.75) is 32.8 Å². The molecule has 1 amide bonds. The van der Waals surface area contributed by atoms with Crippen LogP contribution < -0.4 is 5.32 Å². The first-order valence-electron chi connectivity index (χ1n) is 8.43. The standard InChI is InChI=1S/C20H20N2O3S/c1-13-6-5-7-15(12-13)21-20(24)14(2)25-19(23)11-10-18-22-16-8-3-4-9-17(16)26-18/h3-9,12,14H,10-11H2,1-2H3,(H,21,24)/t14-/m0/s1. The van der Waals surface area contributed by atoms with Gasteiger partial charge in [0.1, 0.15) is 0 Å². The topological polar surface area (TPSA) is 68.3 Å². The Morgan fingerprint density at radius 1 is 1.19 bits per heavy atom. The van der Waals surface area contributed by atoms with Gasteiger partial charge < -0.3 is 10.1 Å². The molecule has 0 aliphatic carbocycles. The Morgan fingerprint density at radius 2 is 2.00 bits per heavy atom. The predicted octanol–water partition coefficient (Wildman–Crippen LogP) is 4.11. The van der Waals surface area contributed by atoms with Crippen LogP contribution in [0.1, 0.15) is 23.9 Å². The van der Waals surface area contributed by atoms with Gasteiger partial charge in [-0.25, -0.2) is 4.98 Å². The highest BCUT2D eigenvalue weighted by Crippen LogP contribution is 2.22. The van der Waals surface area contributed by atoms with Crippen LogP contribution in [-0.4, -0.2) is 23.0 Å². The molecular weight excluding hydrogens is 348 g/mol. The highest BCUT2D eigenvalue weighted by Gasteiger charge is 2.18. The first-order valence-corrected chi connectivity index (χ1v) is 9.24. The van der Waals surface area contributed by atoms with Crippen LogP contribution in [0.5, 0.6) is 0 Å². The molecule has 1 N–H and O–H groups in total. The Bertz CT molecular complexity index is 902. The first-order chi connectivity index (χ1) is 12.5. The lowest BCUT2D eigenvalue weighted by atomic mass is 10.2. The number of aromatic nitrogens is 1. The van der Waals surface area contributed by atoms with E-state index in [0.717, 1.165) is 20.8 Å². The summed E-state index contributed by atoms with van der Waals surface area (Å²) in [5, 5.41) is 3.64. The first kappa shape index (κ1) is 18.1. The number of rotatable bonds is 6. The third-order valence-electron chi connectivity index (χ3n) is 3.84. The summed E-state index contributed by atoms with van der Waals surface area (Å²) in [6.07, 6.45) is -0.148. The van der Waals surface area contributed by atoms with Gasteiger partial charge in [-0.05, 0) is 43.7 Å². The van der Waals surface area contributed by atoms with Crippen LogP contribution in [0.25, 0.3) is 10.2 Å². The highest BCUT2D eigenvalue weighted by atomic mass is 32.1. The zero-order chi connectivity index (χ0) is 18.5. The number of para-hydroxylation sites is 1. The second-order valence-electron chi connectivity index (χ2n) is 6.07. The van der Waals surface area contributed by atoms with Gasteiger partial charge in [0.2, 0.25) is 0 Å². The van der Waals surface area contributed by atoms with E-state index in [1.807, 2.05) is 49.4 Å². The van der Waals surface area contributed by atoms with E-state index in [1.165, 1.54) is 0 Å². The number of benzene rings is 2. The van der Waals surface area contributed by atoms with Gasteiger partial charge in [-0.2, -0.15) is 0 Å². The molecule has 0 aliphatic rings. The van der Waals surface area contributed by atoms with Gasteiger partial charge in [-0.1, -0.05) is 24.3 Å². The smallest absolute Gasteiger partial charge is 0.306 e. The number of carbonyl (C=O) groups is 2. The van der Waals surface area contributed by atoms with Gasteiger partial charge >= 0.3 is 5.97 Å². The minimum absolute atomic E-state index is 0.196. The van der Waals surface area contributed by atoms with E-state index in [4.69, 9.17) is 4.74 Å². The fourth-order valence-electron chi connectivity index (χ4n) is 2.51. The normalized spacial score (nSPS) is 11.9. The fraction of sp³-hybridized carbons (Fsp3) is 0.250. The van der Waals surface area contributed by atoms with Crippen LogP contribution in [-0.2, 0) is 20.7 Å². The number of anilines is 1. The van der Waals surface area contributed by atoms with E-state index < -0.39 is 12.1 Å². The van der Waals surface area contributed by atoms with E-state index in [2.05, 4.69) is 10.3 Å². The maximum absolute atomic E-state index is 12.2. The number of esters is 1. The number of hydrogen-bond acceptors (Lipinski definition) is 5. The molecule has 6 heteroatoms. The molecule has 0 spiro atoms. The van der Waals surface area contributed by atoms with Gasteiger partial charge in [0.15, 0.2) is 6.10 Å². The highest BCUT2D eigenvalue weighted by molar-refractivity contribution is 7.18. The molecule has 0 saturated heterocycles. The number of nitrogens with one attached hydrogen (secondary N) is 1. The Labute approximate surface area is 156 Å². The van der Waals surface area contributed by atoms with Crippen molar-refractivity contribution in [2.24, 2.45) is 0 Å². The number of carbonyl (C=O) groups excluding carboxylic acids is 2. The minimum Gasteiger partial charge on any atom is -0.453 e. The number of amides is 1. The molecule has 0 saturated carbocycles. The Balaban J connectivity index is 1.49. The molecule has 0 fully saturated rings. The average Bonchev–Trinajstić information content (AvgIpc) is 3.03.